The van der Waals surface area contributed by atoms with E-state index in [1.54, 1.807) is 0 Å². The molecule has 29 heavy (non-hydrogen) atoms. The summed E-state index contributed by atoms with van der Waals surface area (Å²) in [5.41, 5.74) is 8.21. The van der Waals surface area contributed by atoms with Gasteiger partial charge in [-0.25, -0.2) is 4.98 Å². The molecule has 0 saturated heterocycles. The van der Waals surface area contributed by atoms with Crippen LogP contribution in [0, 0.1) is 0 Å². The van der Waals surface area contributed by atoms with Crippen LogP contribution in [0.5, 0.6) is 0 Å². The number of rotatable bonds is 3. The number of anilines is 2. The number of nitrogens with two attached hydrogens (primary N) is 1. The quantitative estimate of drug-likeness (QED) is 0.653. The molecule has 152 valence electrons. The second-order valence-corrected chi connectivity index (χ2v) is 7.94. The first-order chi connectivity index (χ1) is 13.8. The number of nitrogens with zero attached hydrogens (tertiary/aromatic N) is 2. The van der Waals surface area contributed by atoms with Crippen LogP contribution in [0.2, 0.25) is 0 Å². The number of hydrogen-bond acceptors (Lipinski definition) is 5. The zero-order valence-corrected chi connectivity index (χ0v) is 16.5. The van der Waals surface area contributed by atoms with E-state index in [9.17, 15) is 18.0 Å². The van der Waals surface area contributed by atoms with Gasteiger partial charge in [-0.1, -0.05) is 6.92 Å². The molecule has 2 aromatic heterocycles. The van der Waals surface area contributed by atoms with Crippen molar-refractivity contribution in [2.45, 2.75) is 26.1 Å². The molecule has 0 fully saturated rings. The zero-order chi connectivity index (χ0) is 20.8. The van der Waals surface area contributed by atoms with Crippen LogP contribution in [0.4, 0.5) is 24.5 Å². The molecular formula is C20H19F3N4OS. The van der Waals surface area contributed by atoms with Crippen molar-refractivity contribution in [3.8, 4) is 0 Å². The molecule has 9 heteroatoms. The Morgan fingerprint density at radius 3 is 2.69 bits per heavy atom. The molecule has 3 heterocycles. The summed E-state index contributed by atoms with van der Waals surface area (Å²) in [4.78, 5) is 20.7. The van der Waals surface area contributed by atoms with E-state index in [1.807, 2.05) is 6.07 Å². The van der Waals surface area contributed by atoms with Crippen LogP contribution in [-0.4, -0.2) is 28.9 Å². The standard InChI is InChI=1S/C20H19F3N4OS/c1-2-27-8-7-15-11(10-27)9-14-16(24)17(29-19(14)26-15)18(28)25-13-5-3-12(4-6-13)20(21,22)23/h3-6,9H,2,7-8,10,24H2,1H3,(H,25,28). The molecule has 0 unspecified atom stereocenters. The molecule has 1 aliphatic heterocycles. The summed E-state index contributed by atoms with van der Waals surface area (Å²) >= 11 is 1.20. The summed E-state index contributed by atoms with van der Waals surface area (Å²) in [7, 11) is 0. The monoisotopic (exact) mass is 420 g/mol. The highest BCUT2D eigenvalue weighted by Crippen LogP contribution is 2.36. The van der Waals surface area contributed by atoms with Crippen molar-refractivity contribution in [2.24, 2.45) is 0 Å². The third-order valence-corrected chi connectivity index (χ3v) is 6.19. The van der Waals surface area contributed by atoms with Gasteiger partial charge in [0, 0.05) is 36.3 Å². The Morgan fingerprint density at radius 1 is 1.31 bits per heavy atom. The maximum Gasteiger partial charge on any atom is 0.416 e. The number of benzene rings is 1. The smallest absolute Gasteiger partial charge is 0.397 e. The summed E-state index contributed by atoms with van der Waals surface area (Å²) in [6, 6.07) is 6.30. The Hall–Kier alpha value is -2.65. The number of pyridine rings is 1. The predicted octanol–water partition coefficient (Wildman–Crippen LogP) is 4.53. The van der Waals surface area contributed by atoms with Crippen molar-refractivity contribution in [1.82, 2.24) is 9.88 Å². The third kappa shape index (κ3) is 3.79. The second-order valence-electron chi connectivity index (χ2n) is 6.94. The summed E-state index contributed by atoms with van der Waals surface area (Å²) in [6.45, 7) is 4.82. The third-order valence-electron chi connectivity index (χ3n) is 5.07. The molecule has 1 aliphatic rings. The van der Waals surface area contributed by atoms with Gasteiger partial charge in [-0.2, -0.15) is 13.2 Å². The van der Waals surface area contributed by atoms with Gasteiger partial charge >= 0.3 is 6.18 Å². The van der Waals surface area contributed by atoms with Gasteiger partial charge in [0.15, 0.2) is 0 Å². The van der Waals surface area contributed by atoms with Gasteiger partial charge in [0.2, 0.25) is 0 Å². The van der Waals surface area contributed by atoms with Gasteiger partial charge in [0.05, 0.1) is 11.3 Å². The molecule has 0 bridgehead atoms. The Morgan fingerprint density at radius 2 is 2.03 bits per heavy atom. The minimum atomic E-state index is -4.42. The molecule has 5 nitrogen and oxygen atoms in total. The summed E-state index contributed by atoms with van der Waals surface area (Å²) in [6.07, 6.45) is -3.57. The molecular weight excluding hydrogens is 401 g/mol. The number of alkyl halides is 3. The molecule has 4 rings (SSSR count). The van der Waals surface area contributed by atoms with Crippen molar-refractivity contribution >= 4 is 38.8 Å². The highest BCUT2D eigenvalue weighted by atomic mass is 32.1. The fourth-order valence-electron chi connectivity index (χ4n) is 3.42. The number of fused-ring (bicyclic) bond motifs is 2. The number of nitrogen functional groups attached to an aromatic ring is 1. The van der Waals surface area contributed by atoms with Crippen LogP contribution in [0.15, 0.2) is 30.3 Å². The van der Waals surface area contributed by atoms with Gasteiger partial charge in [0.25, 0.3) is 5.91 Å². The van der Waals surface area contributed by atoms with Gasteiger partial charge in [-0.05, 0) is 42.4 Å². The molecule has 3 aromatic rings. The lowest BCUT2D eigenvalue weighted by Gasteiger charge is -2.26. The predicted molar refractivity (Wildman–Crippen MR) is 108 cm³/mol. The molecule has 0 spiro atoms. The maximum atomic E-state index is 12.7. The first-order valence-corrected chi connectivity index (χ1v) is 9.99. The number of amides is 1. The van der Waals surface area contributed by atoms with Gasteiger partial charge in [-0.3, -0.25) is 9.69 Å². The van der Waals surface area contributed by atoms with Gasteiger partial charge < -0.3 is 11.1 Å². The van der Waals surface area contributed by atoms with Crippen molar-refractivity contribution < 1.29 is 18.0 Å². The molecule has 0 radical (unpaired) electrons. The average Bonchev–Trinajstić information content (AvgIpc) is 3.01. The molecule has 0 atom stereocenters. The Kier molecular flexibility index (Phi) is 4.95. The topological polar surface area (TPSA) is 71.2 Å². The fraction of sp³-hybridized carbons (Fsp3) is 0.300. The Labute approximate surface area is 169 Å². The fourth-order valence-corrected chi connectivity index (χ4v) is 4.42. The Bertz CT molecular complexity index is 1080. The van der Waals surface area contributed by atoms with E-state index in [0.717, 1.165) is 54.8 Å². The van der Waals surface area contributed by atoms with Gasteiger partial charge in [-0.15, -0.1) is 11.3 Å². The van der Waals surface area contributed by atoms with E-state index in [-0.39, 0.29) is 5.69 Å². The SMILES string of the molecule is CCN1CCc2nc3sc(C(=O)Nc4ccc(C(F)(F)F)cc4)c(N)c3cc2C1. The number of halogens is 3. The minimum Gasteiger partial charge on any atom is -0.397 e. The van der Waals surface area contributed by atoms with Crippen LogP contribution in [0.1, 0.15) is 33.4 Å². The zero-order valence-electron chi connectivity index (χ0n) is 15.6. The summed E-state index contributed by atoms with van der Waals surface area (Å²) < 4.78 is 38.0. The highest BCUT2D eigenvalue weighted by molar-refractivity contribution is 7.21. The number of nitrogens with one attached hydrogen (secondary N) is 1. The molecule has 3 N–H and O–H groups in total. The lowest BCUT2D eigenvalue weighted by molar-refractivity contribution is -0.137. The van der Waals surface area contributed by atoms with Gasteiger partial charge in [0.1, 0.15) is 9.71 Å². The van der Waals surface area contributed by atoms with Crippen molar-refractivity contribution in [3.63, 3.8) is 0 Å². The number of likely N-dealkylation sites (N-methyl/N-ethyl adjacent to an activating group) is 1. The molecule has 1 aromatic carbocycles. The molecule has 0 aliphatic carbocycles. The average molecular weight is 420 g/mol. The van der Waals surface area contributed by atoms with E-state index < -0.39 is 17.6 Å². The highest BCUT2D eigenvalue weighted by Gasteiger charge is 2.30. The van der Waals surface area contributed by atoms with E-state index in [4.69, 9.17) is 10.7 Å². The summed E-state index contributed by atoms with van der Waals surface area (Å²) in [5.74, 6) is -0.460. The second kappa shape index (κ2) is 7.31. The first kappa shape index (κ1) is 19.7. The van der Waals surface area contributed by atoms with Crippen LogP contribution in [0.3, 0.4) is 0 Å². The number of carbonyl (C=O) groups excluding carboxylic acids is 1. The molecule has 0 saturated carbocycles. The molecule has 1 amide bonds. The number of carbonyl (C=O) groups is 1. The van der Waals surface area contributed by atoms with Crippen molar-refractivity contribution in [3.05, 3.63) is 52.0 Å². The number of aromatic nitrogens is 1. The lowest BCUT2D eigenvalue weighted by atomic mass is 10.0. The van der Waals surface area contributed by atoms with Crippen molar-refractivity contribution in [2.75, 3.05) is 24.1 Å². The largest absolute Gasteiger partial charge is 0.416 e. The lowest BCUT2D eigenvalue weighted by Crippen LogP contribution is -2.30. The number of hydrogen-bond donors (Lipinski definition) is 2. The maximum absolute atomic E-state index is 12.7. The Balaban J connectivity index is 1.60. The van der Waals surface area contributed by atoms with Crippen LogP contribution in [-0.2, 0) is 19.1 Å². The summed E-state index contributed by atoms with van der Waals surface area (Å²) in [5, 5.41) is 3.35. The van der Waals surface area contributed by atoms with Crippen LogP contribution in [0.25, 0.3) is 10.2 Å². The van der Waals surface area contributed by atoms with E-state index in [0.29, 0.717) is 15.4 Å². The van der Waals surface area contributed by atoms with Crippen LogP contribution < -0.4 is 11.1 Å². The minimum absolute atomic E-state index is 0.269. The van der Waals surface area contributed by atoms with E-state index >= 15 is 0 Å². The first-order valence-electron chi connectivity index (χ1n) is 9.18. The number of thiophene rings is 1. The van der Waals surface area contributed by atoms with Crippen molar-refractivity contribution in [1.29, 1.82) is 0 Å². The van der Waals surface area contributed by atoms with Crippen LogP contribution >= 0.6 is 11.3 Å². The van der Waals surface area contributed by atoms with E-state index in [2.05, 4.69) is 17.1 Å². The van der Waals surface area contributed by atoms with E-state index in [1.165, 1.54) is 23.5 Å². The normalized spacial score (nSPS) is 14.8.